The summed E-state index contributed by atoms with van der Waals surface area (Å²) in [7, 11) is 4.61. The molecule has 4 rings (SSSR count). The molecule has 4 aromatic rings. The molecule has 36 heavy (non-hydrogen) atoms. The molecule has 2 N–H and O–H groups in total. The average Bonchev–Trinajstić information content (AvgIpc) is 2.89. The number of rotatable bonds is 8. The number of benzene rings is 3. The van der Waals surface area contributed by atoms with Crippen LogP contribution < -0.4 is 25.1 Å². The van der Waals surface area contributed by atoms with E-state index < -0.39 is 11.8 Å². The van der Waals surface area contributed by atoms with E-state index in [1.807, 2.05) is 12.1 Å². The largest absolute Gasteiger partial charge is 0.497 e. The van der Waals surface area contributed by atoms with Gasteiger partial charge in [-0.15, -0.1) is 0 Å². The Morgan fingerprint density at radius 3 is 2.28 bits per heavy atom. The van der Waals surface area contributed by atoms with Crippen molar-refractivity contribution in [1.82, 2.24) is 9.88 Å². The monoisotopic (exact) mass is 491 g/mol. The normalized spacial score (nSPS) is 10.7. The van der Waals surface area contributed by atoms with Crippen molar-refractivity contribution in [3.05, 3.63) is 94.0 Å². The molecule has 3 aromatic carbocycles. The Labute approximate surface area is 207 Å². The van der Waals surface area contributed by atoms with Crippen molar-refractivity contribution in [2.45, 2.75) is 13.1 Å². The number of ether oxygens (including phenoxy) is 3. The number of H-pyrrole nitrogens is 1. The van der Waals surface area contributed by atoms with E-state index in [1.165, 1.54) is 37.3 Å². The summed E-state index contributed by atoms with van der Waals surface area (Å²) in [6.07, 6.45) is 0. The highest BCUT2D eigenvalue weighted by Gasteiger charge is 2.19. The zero-order valence-electron chi connectivity index (χ0n) is 20.1. The maximum Gasteiger partial charge on any atom is 0.322 e. The van der Waals surface area contributed by atoms with Crippen LogP contribution in [0.2, 0.25) is 0 Å². The van der Waals surface area contributed by atoms with E-state index in [-0.39, 0.29) is 24.3 Å². The molecule has 0 bridgehead atoms. The molecule has 186 valence electrons. The second-order valence-electron chi connectivity index (χ2n) is 8.03. The van der Waals surface area contributed by atoms with Crippen molar-refractivity contribution in [2.24, 2.45) is 0 Å². The van der Waals surface area contributed by atoms with E-state index in [2.05, 4.69) is 10.3 Å². The van der Waals surface area contributed by atoms with E-state index >= 15 is 0 Å². The molecule has 2 amide bonds. The number of carbonyl (C=O) groups excluding carboxylic acids is 1. The molecule has 0 atom stereocenters. The highest BCUT2D eigenvalue weighted by molar-refractivity contribution is 5.89. The Morgan fingerprint density at radius 1 is 0.917 bits per heavy atom. The third-order valence-electron chi connectivity index (χ3n) is 5.72. The van der Waals surface area contributed by atoms with Crippen LogP contribution >= 0.6 is 0 Å². The standard InChI is InChI=1S/C27H26FN3O5/c1-34-20-10-8-17(9-11-20)15-31(27(33)30-22-7-5-4-6-21(22)28)16-19-12-18-13-24(35-2)25(36-3)14-23(18)29-26(19)32/h4-14H,15-16H2,1-3H3,(H,29,32)(H,30,33). The van der Waals surface area contributed by atoms with Crippen molar-refractivity contribution in [3.8, 4) is 17.2 Å². The Kier molecular flexibility index (Phi) is 7.39. The molecule has 0 saturated carbocycles. The Hall–Kier alpha value is -4.53. The molecular formula is C27H26FN3O5. The molecule has 0 spiro atoms. The maximum absolute atomic E-state index is 14.2. The number of hydrogen-bond acceptors (Lipinski definition) is 5. The number of halogens is 1. The van der Waals surface area contributed by atoms with E-state index in [0.29, 0.717) is 33.7 Å². The molecule has 0 aliphatic heterocycles. The molecule has 0 unspecified atom stereocenters. The van der Waals surface area contributed by atoms with Gasteiger partial charge in [-0.25, -0.2) is 9.18 Å². The van der Waals surface area contributed by atoms with Crippen molar-refractivity contribution in [3.63, 3.8) is 0 Å². The van der Waals surface area contributed by atoms with E-state index in [4.69, 9.17) is 14.2 Å². The molecule has 0 aliphatic rings. The summed E-state index contributed by atoms with van der Waals surface area (Å²) in [4.78, 5) is 30.4. The number of pyridine rings is 1. The van der Waals surface area contributed by atoms with Gasteiger partial charge in [0.15, 0.2) is 11.5 Å². The first kappa shape index (κ1) is 24.6. The number of anilines is 1. The van der Waals surface area contributed by atoms with Crippen LogP contribution in [0.5, 0.6) is 17.2 Å². The predicted molar refractivity (Wildman–Crippen MR) is 135 cm³/mol. The first-order valence-electron chi connectivity index (χ1n) is 11.1. The van der Waals surface area contributed by atoms with Gasteiger partial charge in [-0.1, -0.05) is 24.3 Å². The minimum atomic E-state index is -0.556. The molecule has 8 nitrogen and oxygen atoms in total. The zero-order chi connectivity index (χ0) is 25.7. The number of nitrogens with zero attached hydrogens (tertiary/aromatic N) is 1. The summed E-state index contributed by atoms with van der Waals surface area (Å²) < 4.78 is 30.1. The Morgan fingerprint density at radius 2 is 1.61 bits per heavy atom. The van der Waals surface area contributed by atoms with Gasteiger partial charge in [-0.3, -0.25) is 4.79 Å². The average molecular weight is 492 g/mol. The molecule has 9 heteroatoms. The lowest BCUT2D eigenvalue weighted by molar-refractivity contribution is 0.206. The zero-order valence-corrected chi connectivity index (χ0v) is 20.1. The van der Waals surface area contributed by atoms with Crippen molar-refractivity contribution < 1.29 is 23.4 Å². The lowest BCUT2D eigenvalue weighted by Gasteiger charge is -2.23. The molecule has 0 fully saturated rings. The van der Waals surface area contributed by atoms with Gasteiger partial charge in [0.2, 0.25) is 0 Å². The topological polar surface area (TPSA) is 92.9 Å². The van der Waals surface area contributed by atoms with Crippen LogP contribution in [0.25, 0.3) is 10.9 Å². The van der Waals surface area contributed by atoms with Gasteiger partial charge in [0, 0.05) is 23.6 Å². The van der Waals surface area contributed by atoms with Gasteiger partial charge < -0.3 is 29.4 Å². The van der Waals surface area contributed by atoms with Gasteiger partial charge in [0.25, 0.3) is 5.56 Å². The number of aromatic nitrogens is 1. The number of nitrogens with one attached hydrogen (secondary N) is 2. The summed E-state index contributed by atoms with van der Waals surface area (Å²) in [5.74, 6) is 1.12. The van der Waals surface area contributed by atoms with Crippen molar-refractivity contribution in [1.29, 1.82) is 0 Å². The number of amides is 2. The lowest BCUT2D eigenvalue weighted by Crippen LogP contribution is -2.36. The van der Waals surface area contributed by atoms with Crippen LogP contribution in [0.1, 0.15) is 11.1 Å². The summed E-state index contributed by atoms with van der Waals surface area (Å²) in [6, 6.07) is 17.7. The highest BCUT2D eigenvalue weighted by Crippen LogP contribution is 2.31. The summed E-state index contributed by atoms with van der Waals surface area (Å²) >= 11 is 0. The number of methoxy groups -OCH3 is 3. The van der Waals surface area contributed by atoms with Crippen LogP contribution in [0.15, 0.2) is 71.5 Å². The fourth-order valence-corrected chi connectivity index (χ4v) is 3.81. The van der Waals surface area contributed by atoms with Crippen LogP contribution in [0.3, 0.4) is 0 Å². The number of fused-ring (bicyclic) bond motifs is 1. The van der Waals surface area contributed by atoms with E-state index in [1.54, 1.807) is 43.5 Å². The van der Waals surface area contributed by atoms with Gasteiger partial charge in [-0.05, 0) is 42.0 Å². The number of carbonyl (C=O) groups is 1. The fraction of sp³-hybridized carbons (Fsp3) is 0.185. The van der Waals surface area contributed by atoms with Crippen LogP contribution in [0, 0.1) is 5.82 Å². The van der Waals surface area contributed by atoms with E-state index in [0.717, 1.165) is 5.56 Å². The number of urea groups is 1. The number of hydrogen-bond donors (Lipinski definition) is 2. The quantitative estimate of drug-likeness (QED) is 0.365. The van der Waals surface area contributed by atoms with Crippen molar-refractivity contribution in [2.75, 3.05) is 26.6 Å². The third-order valence-corrected chi connectivity index (χ3v) is 5.72. The van der Waals surface area contributed by atoms with Gasteiger partial charge in [0.05, 0.1) is 39.1 Å². The molecule has 1 aromatic heterocycles. The second kappa shape index (κ2) is 10.8. The molecule has 0 saturated heterocycles. The second-order valence-corrected chi connectivity index (χ2v) is 8.03. The van der Waals surface area contributed by atoms with Crippen LogP contribution in [-0.4, -0.2) is 37.2 Å². The van der Waals surface area contributed by atoms with Crippen LogP contribution in [0.4, 0.5) is 14.9 Å². The lowest BCUT2D eigenvalue weighted by atomic mass is 10.1. The molecule has 0 radical (unpaired) electrons. The van der Waals surface area contributed by atoms with Gasteiger partial charge in [0.1, 0.15) is 11.6 Å². The summed E-state index contributed by atoms with van der Waals surface area (Å²) in [6.45, 7) is 0.152. The highest BCUT2D eigenvalue weighted by atomic mass is 19.1. The number of para-hydroxylation sites is 1. The van der Waals surface area contributed by atoms with Crippen molar-refractivity contribution >= 4 is 22.6 Å². The third kappa shape index (κ3) is 5.41. The van der Waals surface area contributed by atoms with Gasteiger partial charge in [-0.2, -0.15) is 0 Å². The van der Waals surface area contributed by atoms with Gasteiger partial charge >= 0.3 is 6.03 Å². The fourth-order valence-electron chi connectivity index (χ4n) is 3.81. The maximum atomic E-state index is 14.2. The summed E-state index contributed by atoms with van der Waals surface area (Å²) in [5, 5.41) is 3.31. The first-order valence-corrected chi connectivity index (χ1v) is 11.1. The minimum Gasteiger partial charge on any atom is -0.497 e. The summed E-state index contributed by atoms with van der Waals surface area (Å²) in [5.41, 5.74) is 1.42. The number of aromatic amines is 1. The minimum absolute atomic E-state index is 0.0219. The van der Waals surface area contributed by atoms with Crippen LogP contribution in [-0.2, 0) is 13.1 Å². The predicted octanol–water partition coefficient (Wildman–Crippen LogP) is 4.93. The molecule has 0 aliphatic carbocycles. The molecule has 1 heterocycles. The smallest absolute Gasteiger partial charge is 0.322 e. The Balaban J connectivity index is 1.68. The van der Waals surface area contributed by atoms with E-state index in [9.17, 15) is 14.0 Å². The molecular weight excluding hydrogens is 465 g/mol. The first-order chi connectivity index (χ1) is 17.4. The Bertz CT molecular complexity index is 1440. The SMILES string of the molecule is COc1ccc(CN(Cc2cc3cc(OC)c(OC)cc3[nH]c2=O)C(=O)Nc2ccccc2F)cc1.